The van der Waals surface area contributed by atoms with Gasteiger partial charge in [0.1, 0.15) is 12.5 Å². The van der Waals surface area contributed by atoms with Crippen LogP contribution in [0.2, 0.25) is 0 Å². The van der Waals surface area contributed by atoms with E-state index in [4.69, 9.17) is 15.9 Å². The van der Waals surface area contributed by atoms with E-state index in [2.05, 4.69) is 10.6 Å². The normalized spacial score (nSPS) is 13.4. The van der Waals surface area contributed by atoms with E-state index in [0.717, 1.165) is 10.8 Å². The third-order valence-corrected chi connectivity index (χ3v) is 5.70. The van der Waals surface area contributed by atoms with E-state index < -0.39 is 39.2 Å². The molecule has 1 heterocycles. The lowest BCUT2D eigenvalue weighted by Gasteiger charge is -2.16. The fourth-order valence-corrected chi connectivity index (χ4v) is 3.87. The topological polar surface area (TPSA) is 119 Å². The first-order valence-electron chi connectivity index (χ1n) is 9.41. The monoisotopic (exact) mass is 453 g/mol. The smallest absolute Gasteiger partial charge is 0.330 e. The summed E-state index contributed by atoms with van der Waals surface area (Å²) in [5.74, 6) is 1.66. The lowest BCUT2D eigenvalue weighted by atomic mass is 10.1. The second-order valence-corrected chi connectivity index (χ2v) is 8.63. The Morgan fingerprint density at radius 3 is 2.77 bits per heavy atom. The summed E-state index contributed by atoms with van der Waals surface area (Å²) in [5, 5.41) is 0. The predicted octanol–water partition coefficient (Wildman–Crippen LogP) is 1.12. The maximum atomic E-state index is 13.2. The lowest BCUT2D eigenvalue weighted by Crippen LogP contribution is -2.32. The number of aromatic nitrogens is 2. The fourth-order valence-electron chi connectivity index (χ4n) is 2.58. The van der Waals surface area contributed by atoms with Crippen molar-refractivity contribution in [3.63, 3.8) is 0 Å². The molecule has 2 rings (SSSR count). The van der Waals surface area contributed by atoms with Crippen LogP contribution in [0.3, 0.4) is 0 Å². The molecule has 0 bridgehead atoms. The maximum absolute atomic E-state index is 13.2. The molecule has 168 valence electrons. The molecule has 0 amide bonds. The van der Waals surface area contributed by atoms with Crippen LogP contribution in [0.1, 0.15) is 31.9 Å². The van der Waals surface area contributed by atoms with Crippen molar-refractivity contribution in [1.29, 1.82) is 0 Å². The highest BCUT2D eigenvalue weighted by molar-refractivity contribution is 7.89. The van der Waals surface area contributed by atoms with Gasteiger partial charge in [0.05, 0.1) is 11.9 Å². The van der Waals surface area contributed by atoms with Gasteiger partial charge in [0, 0.05) is 12.6 Å². The van der Waals surface area contributed by atoms with Crippen molar-refractivity contribution in [3.05, 3.63) is 62.7 Å². The van der Waals surface area contributed by atoms with E-state index in [0.29, 0.717) is 11.3 Å². The van der Waals surface area contributed by atoms with E-state index >= 15 is 0 Å². The number of hydrogen-bond acceptors (Lipinski definition) is 6. The minimum absolute atomic E-state index is 0.00970. The van der Waals surface area contributed by atoms with Crippen LogP contribution in [0.5, 0.6) is 5.75 Å². The maximum Gasteiger partial charge on any atom is 0.330 e. The van der Waals surface area contributed by atoms with Crippen molar-refractivity contribution in [2.45, 2.75) is 39.1 Å². The zero-order valence-corrected chi connectivity index (χ0v) is 17.9. The molecular formula is C20H24FN3O6S. The van der Waals surface area contributed by atoms with Crippen LogP contribution >= 0.6 is 0 Å². The molecule has 0 spiro atoms. The molecule has 0 aliphatic heterocycles. The molecule has 2 aromatic rings. The van der Waals surface area contributed by atoms with Gasteiger partial charge >= 0.3 is 5.69 Å². The van der Waals surface area contributed by atoms with Crippen LogP contribution in [-0.2, 0) is 21.5 Å². The Kier molecular flexibility index (Phi) is 8.56. The summed E-state index contributed by atoms with van der Waals surface area (Å²) < 4.78 is 52.0. The van der Waals surface area contributed by atoms with E-state index in [1.54, 1.807) is 43.1 Å². The van der Waals surface area contributed by atoms with E-state index in [-0.39, 0.29) is 25.5 Å². The molecule has 0 aliphatic rings. The number of nitrogens with zero attached hydrogens (tertiary/aromatic N) is 1. The molecule has 9 nitrogen and oxygen atoms in total. The highest BCUT2D eigenvalue weighted by Crippen LogP contribution is 2.20. The Hall–Kier alpha value is -2.94. The molecule has 31 heavy (non-hydrogen) atoms. The summed E-state index contributed by atoms with van der Waals surface area (Å²) in [6.07, 6.45) is 5.76. The minimum Gasteiger partial charge on any atom is -0.478 e. The summed E-state index contributed by atoms with van der Waals surface area (Å²) in [6.45, 7) is 3.12. The molecule has 0 fully saturated rings. The fraction of sp³-hybridized carbons (Fsp3) is 0.400. The van der Waals surface area contributed by atoms with Crippen LogP contribution in [0.25, 0.3) is 0 Å². The number of benzene rings is 1. The number of halogens is 1. The van der Waals surface area contributed by atoms with Crippen molar-refractivity contribution in [2.24, 2.45) is 0 Å². The average molecular weight is 453 g/mol. The largest absolute Gasteiger partial charge is 0.478 e. The van der Waals surface area contributed by atoms with Gasteiger partial charge in [-0.1, -0.05) is 18.1 Å². The minimum atomic E-state index is -3.61. The van der Waals surface area contributed by atoms with Crippen molar-refractivity contribution >= 4 is 10.0 Å². The third kappa shape index (κ3) is 7.67. The Morgan fingerprint density at radius 1 is 1.32 bits per heavy atom. The predicted molar refractivity (Wildman–Crippen MR) is 113 cm³/mol. The van der Waals surface area contributed by atoms with E-state index in [9.17, 15) is 22.4 Å². The molecule has 0 saturated carbocycles. The summed E-state index contributed by atoms with van der Waals surface area (Å²) >= 11 is 0. The first-order valence-corrected chi connectivity index (χ1v) is 11.1. The molecule has 0 unspecified atom stereocenters. The Labute approximate surface area is 179 Å². The molecular weight excluding hydrogens is 429 g/mol. The van der Waals surface area contributed by atoms with Crippen molar-refractivity contribution in [3.8, 4) is 18.1 Å². The van der Waals surface area contributed by atoms with Gasteiger partial charge in [-0.15, -0.1) is 6.42 Å². The summed E-state index contributed by atoms with van der Waals surface area (Å²) in [4.78, 5) is 24.3. The Bertz CT molecular complexity index is 1150. The number of aromatic amines is 1. The van der Waals surface area contributed by atoms with Crippen molar-refractivity contribution in [2.75, 3.05) is 12.4 Å². The number of rotatable bonds is 11. The van der Waals surface area contributed by atoms with E-state index in [1.165, 1.54) is 0 Å². The average Bonchev–Trinajstić information content (AvgIpc) is 2.71. The van der Waals surface area contributed by atoms with E-state index in [1.807, 2.05) is 0 Å². The molecule has 2 N–H and O–H groups in total. The van der Waals surface area contributed by atoms with Gasteiger partial charge in [-0.3, -0.25) is 14.3 Å². The Morgan fingerprint density at radius 2 is 2.06 bits per heavy atom. The van der Waals surface area contributed by atoms with Crippen LogP contribution in [0.4, 0.5) is 4.39 Å². The van der Waals surface area contributed by atoms with Crippen LogP contribution in [0, 0.1) is 18.2 Å². The molecule has 0 aliphatic carbocycles. The second kappa shape index (κ2) is 10.9. The number of terminal acetylenes is 1. The molecule has 11 heteroatoms. The standard InChI is InChI=1S/C20H24FN3O6S/c1-4-14(2)30-17-8-5-7-16(11-17)15(3)23-31(27,28)10-6-9-29-13-24-12-18(21)19(25)22-20(24)26/h1,5,7-8,11-12,14-15,23H,6,9-10,13H2,2-3H3,(H,22,25,26)/t14-,15+/m0/s1. The first kappa shape index (κ1) is 24.3. The van der Waals surface area contributed by atoms with Gasteiger partial charge in [-0.25, -0.2) is 17.9 Å². The lowest BCUT2D eigenvalue weighted by molar-refractivity contribution is 0.0736. The highest BCUT2D eigenvalue weighted by Gasteiger charge is 2.16. The van der Waals surface area contributed by atoms with Crippen LogP contribution in [0.15, 0.2) is 40.1 Å². The molecule has 1 aromatic heterocycles. The van der Waals surface area contributed by atoms with Crippen LogP contribution < -0.4 is 20.7 Å². The molecule has 0 radical (unpaired) electrons. The molecule has 0 saturated heterocycles. The number of nitrogens with one attached hydrogen (secondary N) is 2. The second-order valence-electron chi connectivity index (χ2n) is 6.75. The first-order chi connectivity index (χ1) is 14.6. The highest BCUT2D eigenvalue weighted by atomic mass is 32.2. The molecule has 2 atom stereocenters. The number of hydrogen-bond donors (Lipinski definition) is 2. The SMILES string of the molecule is C#C[C@H](C)Oc1cccc([C@@H](C)NS(=O)(=O)CCCOCn2cc(F)c(=O)[nH]c2=O)c1. The zero-order valence-electron chi connectivity index (χ0n) is 17.1. The summed E-state index contributed by atoms with van der Waals surface area (Å²) in [5.41, 5.74) is -1.23. The van der Waals surface area contributed by atoms with Gasteiger partial charge in [0.2, 0.25) is 15.8 Å². The van der Waals surface area contributed by atoms with Gasteiger partial charge < -0.3 is 9.47 Å². The quantitative estimate of drug-likeness (QED) is 0.389. The van der Waals surface area contributed by atoms with Gasteiger partial charge in [-0.05, 0) is 38.0 Å². The number of sulfonamides is 1. The number of H-pyrrole nitrogens is 1. The number of ether oxygens (including phenoxy) is 2. The van der Waals surface area contributed by atoms with Crippen molar-refractivity contribution in [1.82, 2.24) is 14.3 Å². The zero-order chi connectivity index (χ0) is 23.0. The molecule has 1 aromatic carbocycles. The summed E-state index contributed by atoms with van der Waals surface area (Å²) in [6, 6.07) is 6.46. The van der Waals surface area contributed by atoms with Gasteiger partial charge in [0.25, 0.3) is 5.56 Å². The summed E-state index contributed by atoms with van der Waals surface area (Å²) in [7, 11) is -3.61. The van der Waals surface area contributed by atoms with Gasteiger partial charge in [0.15, 0.2) is 6.10 Å². The van der Waals surface area contributed by atoms with Crippen molar-refractivity contribution < 1.29 is 22.3 Å². The Balaban J connectivity index is 1.83. The van der Waals surface area contributed by atoms with Gasteiger partial charge in [-0.2, -0.15) is 4.39 Å². The third-order valence-electron chi connectivity index (χ3n) is 4.16. The van der Waals surface area contributed by atoms with Crippen LogP contribution in [-0.4, -0.2) is 36.4 Å².